The van der Waals surface area contributed by atoms with Gasteiger partial charge in [-0.05, 0) is 12.8 Å². The third-order valence-electron chi connectivity index (χ3n) is 2.21. The normalized spacial score (nSPS) is 11.4. The van der Waals surface area contributed by atoms with Gasteiger partial charge in [-0.2, -0.15) is 0 Å². The zero-order valence-corrected chi connectivity index (χ0v) is 10.8. The fourth-order valence-corrected chi connectivity index (χ4v) is 1.10. The van der Waals surface area contributed by atoms with Crippen LogP contribution in [0.5, 0.6) is 0 Å². The van der Waals surface area contributed by atoms with Gasteiger partial charge in [-0.15, -0.1) is 12.4 Å². The lowest BCUT2D eigenvalue weighted by Crippen LogP contribution is -2.36. The molecule has 4 nitrogen and oxygen atoms in total. The molecule has 0 saturated heterocycles. The van der Waals surface area contributed by atoms with Gasteiger partial charge in [0, 0.05) is 0 Å². The number of ketones is 1. The number of hydrogen-bond acceptors (Lipinski definition) is 4. The van der Waals surface area contributed by atoms with Crippen LogP contribution in [0, 0.1) is 0 Å². The Kier molecular flexibility index (Phi) is 12.1. The van der Waals surface area contributed by atoms with Crippen molar-refractivity contribution in [2.24, 2.45) is 5.73 Å². The van der Waals surface area contributed by atoms with Gasteiger partial charge in [-0.1, -0.05) is 33.1 Å². The number of nitrogens with two attached hydrogens (primary N) is 1. The van der Waals surface area contributed by atoms with Gasteiger partial charge in [-0.25, -0.2) is 4.79 Å². The van der Waals surface area contributed by atoms with Gasteiger partial charge in [-0.3, -0.25) is 4.79 Å². The average molecular weight is 252 g/mol. The minimum Gasteiger partial charge on any atom is -0.460 e. The Morgan fingerprint density at radius 2 is 1.81 bits per heavy atom. The predicted octanol–water partition coefficient (Wildman–Crippen LogP) is 1.84. The highest BCUT2D eigenvalue weighted by atomic mass is 35.5. The number of hydrogen-bond donors (Lipinski definition) is 1. The highest BCUT2D eigenvalue weighted by Crippen LogP contribution is 2.00. The number of Topliss-reactive ketones (excluding diaryl/α,β-unsaturated/α-hetero) is 1. The van der Waals surface area contributed by atoms with Crippen LogP contribution in [0.2, 0.25) is 0 Å². The second kappa shape index (κ2) is 10.9. The van der Waals surface area contributed by atoms with Gasteiger partial charge in [0.25, 0.3) is 5.78 Å². The number of ether oxygens (including phenoxy) is 1. The van der Waals surface area contributed by atoms with E-state index in [0.29, 0.717) is 13.0 Å². The Morgan fingerprint density at radius 3 is 2.31 bits per heavy atom. The molecule has 16 heavy (non-hydrogen) atoms. The summed E-state index contributed by atoms with van der Waals surface area (Å²) in [6, 6.07) is -0.715. The Bertz CT molecular complexity index is 209. The molecule has 0 bridgehead atoms. The Balaban J connectivity index is 0. The molecule has 0 aromatic heterocycles. The maximum absolute atomic E-state index is 11.2. The van der Waals surface area contributed by atoms with Crippen LogP contribution in [0.1, 0.15) is 46.0 Å². The smallest absolute Gasteiger partial charge is 0.376 e. The van der Waals surface area contributed by atoms with Crippen molar-refractivity contribution in [2.45, 2.75) is 52.0 Å². The SMILES string of the molecule is CCCCCCOC(=O)C(=O)C(N)CC.Cl. The second-order valence-electron chi connectivity index (χ2n) is 3.58. The summed E-state index contributed by atoms with van der Waals surface area (Å²) < 4.78 is 4.80. The average Bonchev–Trinajstić information content (AvgIpc) is 2.26. The Morgan fingerprint density at radius 1 is 1.19 bits per heavy atom. The van der Waals surface area contributed by atoms with Gasteiger partial charge in [0.05, 0.1) is 12.6 Å². The lowest BCUT2D eigenvalue weighted by Gasteiger charge is -2.07. The van der Waals surface area contributed by atoms with Crippen molar-refractivity contribution >= 4 is 24.2 Å². The maximum atomic E-state index is 11.2. The summed E-state index contributed by atoms with van der Waals surface area (Å²) in [7, 11) is 0. The van der Waals surface area contributed by atoms with Crippen LogP contribution in [-0.2, 0) is 14.3 Å². The summed E-state index contributed by atoms with van der Waals surface area (Å²) >= 11 is 0. The summed E-state index contributed by atoms with van der Waals surface area (Å²) in [6.45, 7) is 4.19. The van der Waals surface area contributed by atoms with Crippen molar-refractivity contribution in [2.75, 3.05) is 6.61 Å². The van der Waals surface area contributed by atoms with Crippen molar-refractivity contribution < 1.29 is 14.3 Å². The highest BCUT2D eigenvalue weighted by Gasteiger charge is 2.21. The van der Waals surface area contributed by atoms with E-state index in [1.165, 1.54) is 0 Å². The number of carbonyl (C=O) groups excluding carboxylic acids is 2. The maximum Gasteiger partial charge on any atom is 0.376 e. The van der Waals surface area contributed by atoms with E-state index in [2.05, 4.69) is 6.92 Å². The summed E-state index contributed by atoms with van der Waals surface area (Å²) in [5, 5.41) is 0. The second-order valence-corrected chi connectivity index (χ2v) is 3.58. The Labute approximate surface area is 103 Å². The van der Waals surface area contributed by atoms with E-state index in [0.717, 1.165) is 25.7 Å². The number of carbonyl (C=O) groups is 2. The van der Waals surface area contributed by atoms with Crippen LogP contribution in [0.15, 0.2) is 0 Å². The molecule has 0 aromatic carbocycles. The highest BCUT2D eigenvalue weighted by molar-refractivity contribution is 6.35. The molecule has 0 amide bonds. The molecule has 1 unspecified atom stereocenters. The topological polar surface area (TPSA) is 69.4 Å². The molecule has 1 atom stereocenters. The first-order valence-electron chi connectivity index (χ1n) is 5.60. The van der Waals surface area contributed by atoms with Crippen molar-refractivity contribution in [1.29, 1.82) is 0 Å². The molecule has 0 radical (unpaired) electrons. The standard InChI is InChI=1S/C11H21NO3.ClH/c1-3-5-6-7-8-15-11(14)10(13)9(12)4-2;/h9H,3-8,12H2,1-2H3;1H. The summed E-state index contributed by atoms with van der Waals surface area (Å²) in [5.74, 6) is -1.41. The lowest BCUT2D eigenvalue weighted by molar-refractivity contribution is -0.154. The molecule has 0 fully saturated rings. The molecular formula is C11H22ClNO3. The third-order valence-corrected chi connectivity index (χ3v) is 2.21. The molecule has 0 rings (SSSR count). The van der Waals surface area contributed by atoms with Crippen molar-refractivity contribution in [1.82, 2.24) is 0 Å². The van der Waals surface area contributed by atoms with Gasteiger partial charge in [0.2, 0.25) is 0 Å². The van der Waals surface area contributed by atoms with E-state index in [1.807, 2.05) is 0 Å². The number of esters is 1. The van der Waals surface area contributed by atoms with E-state index in [9.17, 15) is 9.59 Å². The van der Waals surface area contributed by atoms with E-state index in [4.69, 9.17) is 10.5 Å². The van der Waals surface area contributed by atoms with Crippen LogP contribution >= 0.6 is 12.4 Å². The minimum absolute atomic E-state index is 0. The summed E-state index contributed by atoms with van der Waals surface area (Å²) in [5.41, 5.74) is 5.42. The van der Waals surface area contributed by atoms with E-state index < -0.39 is 17.8 Å². The first kappa shape index (κ1) is 17.8. The molecule has 0 heterocycles. The monoisotopic (exact) mass is 251 g/mol. The molecular weight excluding hydrogens is 230 g/mol. The van der Waals surface area contributed by atoms with Crippen LogP contribution in [0.25, 0.3) is 0 Å². The van der Waals surface area contributed by atoms with E-state index in [-0.39, 0.29) is 12.4 Å². The zero-order chi connectivity index (χ0) is 11.7. The van der Waals surface area contributed by atoms with Gasteiger partial charge in [0.1, 0.15) is 0 Å². The first-order chi connectivity index (χ1) is 7.13. The van der Waals surface area contributed by atoms with Crippen molar-refractivity contribution in [3.05, 3.63) is 0 Å². The van der Waals surface area contributed by atoms with Gasteiger partial charge >= 0.3 is 5.97 Å². The van der Waals surface area contributed by atoms with E-state index >= 15 is 0 Å². The molecule has 0 aliphatic rings. The minimum atomic E-state index is -0.791. The lowest BCUT2D eigenvalue weighted by atomic mass is 10.1. The van der Waals surface area contributed by atoms with Crippen LogP contribution in [-0.4, -0.2) is 24.4 Å². The first-order valence-corrected chi connectivity index (χ1v) is 5.60. The fourth-order valence-electron chi connectivity index (χ4n) is 1.10. The van der Waals surface area contributed by atoms with Crippen LogP contribution in [0.4, 0.5) is 0 Å². The quantitative estimate of drug-likeness (QED) is 0.406. The molecule has 5 heteroatoms. The predicted molar refractivity (Wildman–Crippen MR) is 65.6 cm³/mol. The molecule has 0 aromatic rings. The zero-order valence-electron chi connectivity index (χ0n) is 10.0. The molecule has 0 spiro atoms. The summed E-state index contributed by atoms with van der Waals surface area (Å²) in [4.78, 5) is 22.3. The largest absolute Gasteiger partial charge is 0.460 e. The fraction of sp³-hybridized carbons (Fsp3) is 0.818. The van der Waals surface area contributed by atoms with Crippen molar-refractivity contribution in [3.63, 3.8) is 0 Å². The third kappa shape index (κ3) is 7.65. The number of unbranched alkanes of at least 4 members (excludes halogenated alkanes) is 3. The number of rotatable bonds is 8. The molecule has 96 valence electrons. The molecule has 2 N–H and O–H groups in total. The van der Waals surface area contributed by atoms with E-state index in [1.54, 1.807) is 6.92 Å². The van der Waals surface area contributed by atoms with Gasteiger partial charge < -0.3 is 10.5 Å². The van der Waals surface area contributed by atoms with Gasteiger partial charge in [0.15, 0.2) is 0 Å². The molecule has 0 aliphatic heterocycles. The molecule has 0 saturated carbocycles. The van der Waals surface area contributed by atoms with Crippen molar-refractivity contribution in [3.8, 4) is 0 Å². The van der Waals surface area contributed by atoms with Crippen LogP contribution < -0.4 is 5.73 Å². The van der Waals surface area contributed by atoms with Crippen LogP contribution in [0.3, 0.4) is 0 Å². The Hall–Kier alpha value is -0.610. The number of halogens is 1. The molecule has 0 aliphatic carbocycles. The summed E-state index contributed by atoms with van der Waals surface area (Å²) in [6.07, 6.45) is 4.56.